The number of anilines is 3. The molecule has 2 aliphatic rings. The Bertz CT molecular complexity index is 2540. The molecule has 21 heteroatoms. The van der Waals surface area contributed by atoms with Crippen molar-refractivity contribution in [1.82, 2.24) is 29.9 Å². The highest BCUT2D eigenvalue weighted by molar-refractivity contribution is 6.42. The lowest BCUT2D eigenvalue weighted by molar-refractivity contribution is 0.187. The van der Waals surface area contributed by atoms with Crippen LogP contribution in [0.25, 0.3) is 44.3 Å². The van der Waals surface area contributed by atoms with Gasteiger partial charge in [0.05, 0.1) is 98.4 Å². The minimum atomic E-state index is 0.148. The fraction of sp³-hybridized carbons (Fsp3) is 0.381. The average molecular weight is 965 g/mol. The van der Waals surface area contributed by atoms with Crippen molar-refractivity contribution in [2.24, 2.45) is 17.6 Å². The van der Waals surface area contributed by atoms with Crippen LogP contribution in [-0.2, 0) is 9.47 Å². The van der Waals surface area contributed by atoms with Gasteiger partial charge >= 0.3 is 0 Å². The first-order chi connectivity index (χ1) is 30.4. The smallest absolute Gasteiger partial charge is 0.223 e. The van der Waals surface area contributed by atoms with Crippen LogP contribution in [0.15, 0.2) is 36.7 Å². The van der Waals surface area contributed by atoms with Gasteiger partial charge in [-0.15, -0.1) is 0 Å². The molecule has 0 bridgehead atoms. The average Bonchev–Trinajstić information content (AvgIpc) is 3.90. The van der Waals surface area contributed by atoms with Crippen LogP contribution in [0.4, 0.5) is 17.7 Å². The number of nitrogens with one attached hydrogen (secondary N) is 3. The Balaban J connectivity index is 0.000000202. The number of hydrogen-bond acceptors (Lipinski definition) is 16. The highest BCUT2D eigenvalue weighted by atomic mass is 35.5. The van der Waals surface area contributed by atoms with E-state index in [1.807, 2.05) is 6.07 Å². The van der Waals surface area contributed by atoms with Gasteiger partial charge in [-0.3, -0.25) is 0 Å². The summed E-state index contributed by atoms with van der Waals surface area (Å²) in [5.41, 5.74) is 7.67. The van der Waals surface area contributed by atoms with E-state index in [1.165, 1.54) is 35.5 Å². The second kappa shape index (κ2) is 21.4. The summed E-state index contributed by atoms with van der Waals surface area (Å²) in [6.45, 7) is 6.93. The van der Waals surface area contributed by atoms with Crippen molar-refractivity contribution in [1.29, 1.82) is 0 Å². The Kier molecular flexibility index (Phi) is 16.2. The quantitative estimate of drug-likeness (QED) is 0.0897. The number of pyridine rings is 2. The highest BCUT2D eigenvalue weighted by Crippen LogP contribution is 2.47. The zero-order valence-electron chi connectivity index (χ0n) is 35.7. The molecular weight excluding hydrogens is 918 g/mol. The molecule has 4 aromatic heterocycles. The molecule has 2 saturated heterocycles. The molecule has 2 aromatic carbocycles. The second-order valence-corrected chi connectivity index (χ2v) is 16.1. The van der Waals surface area contributed by atoms with E-state index in [0.29, 0.717) is 131 Å². The minimum Gasteiger partial charge on any atom is -0.495 e. The third-order valence-corrected chi connectivity index (χ3v) is 12.1. The molecule has 0 unspecified atom stereocenters. The van der Waals surface area contributed by atoms with E-state index in [9.17, 15) is 0 Å². The molecule has 6 heterocycles. The SMILES string of the molecule is CN.CNc1nc(-c2c(Cl)c(OC)cc(OC)c2Cl)cc2cnc(N[C@@H]3COC[C@@H]3C)nc12.COc1cc(OC)c(Cl)c(-c2cc3cnc(N[C@@H]4COC[C@@H]4C)nc3c(Cl)n2)c1Cl. The first kappa shape index (κ1) is 47.8. The second-order valence-electron chi connectivity index (χ2n) is 14.3. The van der Waals surface area contributed by atoms with Gasteiger partial charge in [-0.25, -0.2) is 29.9 Å². The summed E-state index contributed by atoms with van der Waals surface area (Å²) >= 11 is 32.7. The number of ether oxygens (including phenoxy) is 6. The summed E-state index contributed by atoms with van der Waals surface area (Å²) in [5.74, 6) is 4.03. The molecule has 2 fully saturated rings. The molecule has 0 radical (unpaired) electrons. The van der Waals surface area contributed by atoms with Gasteiger partial charge < -0.3 is 50.1 Å². The van der Waals surface area contributed by atoms with Gasteiger partial charge in [-0.1, -0.05) is 71.9 Å². The molecule has 8 rings (SSSR count). The van der Waals surface area contributed by atoms with Gasteiger partial charge in [0.25, 0.3) is 0 Å². The van der Waals surface area contributed by atoms with Gasteiger partial charge in [-0.2, -0.15) is 0 Å². The van der Waals surface area contributed by atoms with Crippen LogP contribution in [0.1, 0.15) is 13.8 Å². The Morgan fingerprint density at radius 2 is 0.968 bits per heavy atom. The fourth-order valence-electron chi connectivity index (χ4n) is 6.85. The number of methoxy groups -OCH3 is 4. The van der Waals surface area contributed by atoms with Gasteiger partial charge in [0.1, 0.15) is 34.0 Å². The van der Waals surface area contributed by atoms with Crippen molar-refractivity contribution in [3.8, 4) is 45.5 Å². The zero-order valence-corrected chi connectivity index (χ0v) is 39.5. The van der Waals surface area contributed by atoms with Crippen molar-refractivity contribution < 1.29 is 28.4 Å². The molecule has 4 atom stereocenters. The van der Waals surface area contributed by atoms with Gasteiger partial charge in [-0.05, 0) is 19.2 Å². The van der Waals surface area contributed by atoms with Gasteiger partial charge in [0, 0.05) is 65.3 Å². The highest BCUT2D eigenvalue weighted by Gasteiger charge is 2.27. The van der Waals surface area contributed by atoms with Crippen molar-refractivity contribution in [3.63, 3.8) is 0 Å². The predicted octanol–water partition coefficient (Wildman–Crippen LogP) is 9.20. The number of rotatable bonds is 11. The number of nitrogens with two attached hydrogens (primary N) is 1. The number of aromatic nitrogens is 6. The lowest BCUT2D eigenvalue weighted by Crippen LogP contribution is -2.26. The van der Waals surface area contributed by atoms with Crippen LogP contribution >= 0.6 is 58.0 Å². The molecule has 0 amide bonds. The molecule has 2 aliphatic heterocycles. The van der Waals surface area contributed by atoms with Crippen molar-refractivity contribution >= 4 is 97.5 Å². The standard InChI is InChI=1S/C21H23Cl2N5O3.C20H19Cl3N4O3.CH5N/c1-10-8-31-9-13(10)27-21-25-7-11-5-12(26-20(24-2)19(11)28-21)16-17(22)14(29-3)6-15(30-4)18(16)23;1-9-7-30-8-12(9)26-20-24-6-10-4-11(25-19(23)18(10)27-20)15-16(21)13(28-2)5-14(29-3)17(15)22;1-2/h5-7,10,13H,8-9H2,1-4H3,(H,24,26)(H,25,27,28);4-6,9,12H,7-8H2,1-3H3,(H,24,26,27);2H2,1H3/t10-,13+;9-,12+;/m00./s1. The monoisotopic (exact) mass is 962 g/mol. The Labute approximate surface area is 389 Å². The summed E-state index contributed by atoms with van der Waals surface area (Å²) in [4.78, 5) is 27.3. The van der Waals surface area contributed by atoms with Crippen molar-refractivity contribution in [3.05, 3.63) is 61.9 Å². The molecule has 0 spiro atoms. The van der Waals surface area contributed by atoms with Crippen LogP contribution in [0.3, 0.4) is 0 Å². The van der Waals surface area contributed by atoms with Crippen LogP contribution in [-0.4, -0.2) is 111 Å². The Morgan fingerprint density at radius 1 is 0.571 bits per heavy atom. The van der Waals surface area contributed by atoms with Crippen LogP contribution in [0.2, 0.25) is 25.2 Å². The molecular formula is C42H47Cl5N10O6. The topological polar surface area (TPSA) is 195 Å². The third-order valence-electron chi connectivity index (χ3n) is 10.3. The third kappa shape index (κ3) is 10.2. The maximum atomic E-state index is 6.58. The van der Waals surface area contributed by atoms with E-state index < -0.39 is 0 Å². The van der Waals surface area contributed by atoms with E-state index in [-0.39, 0.29) is 17.2 Å². The fourth-order valence-corrected chi connectivity index (χ4v) is 8.48. The lowest BCUT2D eigenvalue weighted by Gasteiger charge is -2.17. The van der Waals surface area contributed by atoms with E-state index in [4.69, 9.17) is 91.4 Å². The van der Waals surface area contributed by atoms with Crippen molar-refractivity contribution in [2.75, 3.05) is 84.9 Å². The largest absolute Gasteiger partial charge is 0.495 e. The molecule has 5 N–H and O–H groups in total. The summed E-state index contributed by atoms with van der Waals surface area (Å²) in [7, 11) is 9.37. The first-order valence-electron chi connectivity index (χ1n) is 19.5. The summed E-state index contributed by atoms with van der Waals surface area (Å²) in [6, 6.07) is 7.19. The molecule has 16 nitrogen and oxygen atoms in total. The molecule has 6 aromatic rings. The Morgan fingerprint density at radius 3 is 1.35 bits per heavy atom. The van der Waals surface area contributed by atoms with Crippen LogP contribution in [0.5, 0.6) is 23.0 Å². The number of benzene rings is 2. The van der Waals surface area contributed by atoms with Crippen LogP contribution < -0.4 is 40.6 Å². The Hall–Kier alpha value is -4.65. The van der Waals surface area contributed by atoms with E-state index in [2.05, 4.69) is 60.5 Å². The maximum Gasteiger partial charge on any atom is 0.223 e. The number of fused-ring (bicyclic) bond motifs is 2. The van der Waals surface area contributed by atoms with E-state index in [1.54, 1.807) is 37.6 Å². The molecule has 0 aliphatic carbocycles. The normalized spacial score (nSPS) is 17.9. The molecule has 336 valence electrons. The summed E-state index contributed by atoms with van der Waals surface area (Å²) < 4.78 is 32.4. The minimum absolute atomic E-state index is 0.148. The van der Waals surface area contributed by atoms with Crippen molar-refractivity contribution in [2.45, 2.75) is 25.9 Å². The lowest BCUT2D eigenvalue weighted by atomic mass is 10.1. The molecule has 0 saturated carbocycles. The number of nitrogens with zero attached hydrogens (tertiary/aromatic N) is 6. The molecule has 63 heavy (non-hydrogen) atoms. The predicted molar refractivity (Wildman–Crippen MR) is 251 cm³/mol. The van der Waals surface area contributed by atoms with Gasteiger partial charge in [0.15, 0.2) is 11.0 Å². The van der Waals surface area contributed by atoms with Gasteiger partial charge in [0.2, 0.25) is 11.9 Å². The number of hydrogen-bond donors (Lipinski definition) is 4. The summed E-state index contributed by atoms with van der Waals surface area (Å²) in [5, 5.41) is 12.7. The maximum absolute atomic E-state index is 6.58. The van der Waals surface area contributed by atoms with E-state index >= 15 is 0 Å². The first-order valence-corrected chi connectivity index (χ1v) is 21.4. The van der Waals surface area contributed by atoms with Crippen LogP contribution in [0, 0.1) is 11.8 Å². The number of halogens is 5. The zero-order chi connectivity index (χ0) is 45.5. The summed E-state index contributed by atoms with van der Waals surface area (Å²) in [6.07, 6.45) is 3.43. The van der Waals surface area contributed by atoms with E-state index in [0.717, 1.165) is 12.0 Å².